The van der Waals surface area contributed by atoms with Crippen LogP contribution in [0.25, 0.3) is 17.1 Å². The van der Waals surface area contributed by atoms with Gasteiger partial charge in [-0.2, -0.15) is 5.10 Å². The van der Waals surface area contributed by atoms with Gasteiger partial charge in [0.05, 0.1) is 30.6 Å². The predicted octanol–water partition coefficient (Wildman–Crippen LogP) is 1.93. The van der Waals surface area contributed by atoms with Gasteiger partial charge in [0.2, 0.25) is 0 Å². The molecule has 2 aromatic heterocycles. The molecule has 0 unspecified atom stereocenters. The molecule has 0 aliphatic carbocycles. The first kappa shape index (κ1) is 13.0. The maximum absolute atomic E-state index is 11.8. The number of hydrogen-bond donors (Lipinski definition) is 0. The van der Waals surface area contributed by atoms with Crippen molar-refractivity contribution in [3.05, 3.63) is 47.3 Å². The Morgan fingerprint density at radius 1 is 1.36 bits per heavy atom. The van der Waals surface area contributed by atoms with Crippen molar-refractivity contribution in [2.75, 3.05) is 7.11 Å². The van der Waals surface area contributed by atoms with Crippen LogP contribution in [0.2, 0.25) is 5.15 Å². The summed E-state index contributed by atoms with van der Waals surface area (Å²) >= 11 is 6.17. The van der Waals surface area contributed by atoms with Gasteiger partial charge in [-0.3, -0.25) is 4.57 Å². The van der Waals surface area contributed by atoms with Gasteiger partial charge < -0.3 is 4.74 Å². The molecule has 110 valence electrons. The maximum Gasteiger partial charge on any atom is 0.337 e. The van der Waals surface area contributed by atoms with E-state index in [1.54, 1.807) is 23.1 Å². The van der Waals surface area contributed by atoms with Crippen molar-refractivity contribution in [3.63, 3.8) is 0 Å². The van der Waals surface area contributed by atoms with Crippen LogP contribution in [0.1, 0.15) is 16.1 Å². The van der Waals surface area contributed by atoms with E-state index in [2.05, 4.69) is 15.1 Å². The van der Waals surface area contributed by atoms with Crippen LogP contribution in [0, 0.1) is 0 Å². The zero-order valence-electron chi connectivity index (χ0n) is 11.5. The number of fused-ring (bicyclic) bond motifs is 5. The van der Waals surface area contributed by atoms with Crippen molar-refractivity contribution >= 4 is 17.6 Å². The molecule has 0 radical (unpaired) electrons. The average molecular weight is 316 g/mol. The minimum Gasteiger partial charge on any atom is -0.465 e. The molecular formula is C14H10ClN5O2. The van der Waals surface area contributed by atoms with Gasteiger partial charge in [0.1, 0.15) is 12.7 Å². The number of carbonyl (C=O) groups excluding carboxylic acids is 1. The van der Waals surface area contributed by atoms with Crippen LogP contribution < -0.4 is 0 Å². The molecule has 0 saturated carbocycles. The lowest BCUT2D eigenvalue weighted by molar-refractivity contribution is 0.0601. The fraction of sp³-hybridized carbons (Fsp3) is 0.143. The summed E-state index contributed by atoms with van der Waals surface area (Å²) in [6, 6.07) is 5.27. The van der Waals surface area contributed by atoms with Gasteiger partial charge in [-0.05, 0) is 18.2 Å². The molecule has 7 nitrogen and oxygen atoms in total. The van der Waals surface area contributed by atoms with Gasteiger partial charge in [0.15, 0.2) is 11.0 Å². The molecule has 0 amide bonds. The Morgan fingerprint density at radius 3 is 3.05 bits per heavy atom. The number of aromatic nitrogens is 5. The first-order chi connectivity index (χ1) is 10.7. The SMILES string of the molecule is COC(=O)c1ccc2c(c1)-c1ncnn1Cc1c(Cl)ncn1-2. The highest BCUT2D eigenvalue weighted by Gasteiger charge is 2.24. The first-order valence-electron chi connectivity index (χ1n) is 6.51. The molecule has 1 aliphatic rings. The summed E-state index contributed by atoms with van der Waals surface area (Å²) in [6.45, 7) is 0.455. The molecule has 0 fully saturated rings. The average Bonchev–Trinajstić information content (AvgIpc) is 3.11. The zero-order chi connectivity index (χ0) is 15.3. The Labute approximate surface area is 130 Å². The van der Waals surface area contributed by atoms with E-state index in [1.165, 1.54) is 13.4 Å². The third-order valence-corrected chi connectivity index (χ3v) is 3.96. The van der Waals surface area contributed by atoms with Crippen molar-refractivity contribution in [2.24, 2.45) is 0 Å². The van der Waals surface area contributed by atoms with Gasteiger partial charge >= 0.3 is 5.97 Å². The molecule has 22 heavy (non-hydrogen) atoms. The molecule has 1 aromatic carbocycles. The van der Waals surface area contributed by atoms with Crippen LogP contribution in [0.5, 0.6) is 0 Å². The quantitative estimate of drug-likeness (QED) is 0.502. The van der Waals surface area contributed by atoms with Crippen LogP contribution in [-0.4, -0.2) is 37.4 Å². The Morgan fingerprint density at radius 2 is 2.23 bits per heavy atom. The summed E-state index contributed by atoms with van der Waals surface area (Å²) in [6.07, 6.45) is 3.13. The van der Waals surface area contributed by atoms with E-state index in [0.717, 1.165) is 16.9 Å². The lowest BCUT2D eigenvalue weighted by Crippen LogP contribution is -2.04. The lowest BCUT2D eigenvalue weighted by atomic mass is 10.1. The molecule has 3 aromatic rings. The standard InChI is InChI=1S/C14H10ClN5O2/c1-22-14(21)8-2-3-10-9(4-8)13-16-6-18-20(13)5-11-12(15)17-7-19(10)11/h2-4,6-7H,5H2,1H3. The normalized spacial score (nSPS) is 12.1. The summed E-state index contributed by atoms with van der Waals surface area (Å²) in [5, 5.41) is 4.64. The molecule has 0 saturated heterocycles. The Hall–Kier alpha value is -2.67. The summed E-state index contributed by atoms with van der Waals surface area (Å²) < 4.78 is 8.39. The van der Waals surface area contributed by atoms with Crippen molar-refractivity contribution in [1.29, 1.82) is 0 Å². The molecular weight excluding hydrogens is 306 g/mol. The number of rotatable bonds is 1. The summed E-state index contributed by atoms with van der Waals surface area (Å²) in [7, 11) is 1.35. The first-order valence-corrected chi connectivity index (χ1v) is 6.89. The van der Waals surface area contributed by atoms with Crippen LogP contribution in [0.3, 0.4) is 0 Å². The highest BCUT2D eigenvalue weighted by Crippen LogP contribution is 2.32. The largest absolute Gasteiger partial charge is 0.465 e. The van der Waals surface area contributed by atoms with E-state index in [-0.39, 0.29) is 0 Å². The monoisotopic (exact) mass is 315 g/mol. The Kier molecular flexibility index (Phi) is 2.77. The molecule has 4 rings (SSSR count). The summed E-state index contributed by atoms with van der Waals surface area (Å²) in [5.74, 6) is 0.266. The molecule has 3 heterocycles. The van der Waals surface area contributed by atoms with E-state index < -0.39 is 5.97 Å². The number of imidazole rings is 1. The van der Waals surface area contributed by atoms with Crippen LogP contribution in [0.15, 0.2) is 30.9 Å². The third-order valence-electron chi connectivity index (χ3n) is 3.65. The van der Waals surface area contributed by atoms with Crippen molar-refractivity contribution < 1.29 is 9.53 Å². The fourth-order valence-electron chi connectivity index (χ4n) is 2.60. The number of methoxy groups -OCH3 is 1. The maximum atomic E-state index is 11.8. The number of nitrogens with zero attached hydrogens (tertiary/aromatic N) is 5. The zero-order valence-corrected chi connectivity index (χ0v) is 12.3. The Balaban J connectivity index is 2.03. The third kappa shape index (κ3) is 1.75. The molecule has 0 spiro atoms. The number of hydrogen-bond acceptors (Lipinski definition) is 5. The van der Waals surface area contributed by atoms with Gasteiger partial charge in [-0.15, -0.1) is 0 Å². The number of carbonyl (C=O) groups is 1. The molecule has 0 atom stereocenters. The van der Waals surface area contributed by atoms with Crippen molar-refractivity contribution in [1.82, 2.24) is 24.3 Å². The van der Waals surface area contributed by atoms with E-state index in [0.29, 0.717) is 23.1 Å². The second-order valence-electron chi connectivity index (χ2n) is 4.82. The summed E-state index contributed by atoms with van der Waals surface area (Å²) in [4.78, 5) is 20.2. The van der Waals surface area contributed by atoms with Crippen LogP contribution in [-0.2, 0) is 11.3 Å². The predicted molar refractivity (Wildman–Crippen MR) is 78.0 cm³/mol. The second-order valence-corrected chi connectivity index (χ2v) is 5.17. The molecule has 8 heteroatoms. The second kappa shape index (κ2) is 4.67. The number of esters is 1. The van der Waals surface area contributed by atoms with Gasteiger partial charge in [0, 0.05) is 5.56 Å². The van der Waals surface area contributed by atoms with E-state index in [9.17, 15) is 4.79 Å². The van der Waals surface area contributed by atoms with Crippen molar-refractivity contribution in [2.45, 2.75) is 6.54 Å². The molecule has 1 aliphatic heterocycles. The van der Waals surface area contributed by atoms with E-state index >= 15 is 0 Å². The highest BCUT2D eigenvalue weighted by atomic mass is 35.5. The number of ether oxygens (including phenoxy) is 1. The molecule has 0 bridgehead atoms. The van der Waals surface area contributed by atoms with Crippen LogP contribution >= 0.6 is 11.6 Å². The lowest BCUT2D eigenvalue weighted by Gasteiger charge is -2.09. The van der Waals surface area contributed by atoms with Crippen molar-refractivity contribution in [3.8, 4) is 17.1 Å². The minimum absolute atomic E-state index is 0.401. The number of benzene rings is 1. The minimum atomic E-state index is -0.401. The highest BCUT2D eigenvalue weighted by molar-refractivity contribution is 6.30. The summed E-state index contributed by atoms with van der Waals surface area (Å²) in [5.41, 5.74) is 2.88. The van der Waals surface area contributed by atoms with Gasteiger partial charge in [-0.25, -0.2) is 19.4 Å². The molecule has 0 N–H and O–H groups in total. The van der Waals surface area contributed by atoms with E-state index in [4.69, 9.17) is 16.3 Å². The number of halogens is 1. The van der Waals surface area contributed by atoms with Crippen LogP contribution in [0.4, 0.5) is 0 Å². The Bertz CT molecular complexity index is 899. The smallest absolute Gasteiger partial charge is 0.337 e. The fourth-order valence-corrected chi connectivity index (χ4v) is 2.80. The van der Waals surface area contributed by atoms with Gasteiger partial charge in [0.25, 0.3) is 0 Å². The van der Waals surface area contributed by atoms with Gasteiger partial charge in [-0.1, -0.05) is 11.6 Å². The van der Waals surface area contributed by atoms with E-state index in [1.807, 2.05) is 10.6 Å². The topological polar surface area (TPSA) is 74.8 Å².